The SMILES string of the molecule is COc1ccc(NC(=O)C[NH+]2CCC(C)CC2)c(OC)c1. The Labute approximate surface area is 126 Å². The Kier molecular flexibility index (Phi) is 5.44. The zero-order chi connectivity index (χ0) is 15.2. The fraction of sp³-hybridized carbons (Fsp3) is 0.562. The fourth-order valence-corrected chi connectivity index (χ4v) is 2.67. The quantitative estimate of drug-likeness (QED) is 0.850. The van der Waals surface area contributed by atoms with Crippen LogP contribution in [-0.4, -0.2) is 39.8 Å². The molecule has 1 fully saturated rings. The second kappa shape index (κ2) is 7.31. The van der Waals surface area contributed by atoms with Crippen molar-refractivity contribution in [2.75, 3.05) is 39.2 Å². The molecule has 0 spiro atoms. The van der Waals surface area contributed by atoms with Crippen LogP contribution in [0.1, 0.15) is 19.8 Å². The number of likely N-dealkylation sites (tertiary alicyclic amines) is 1. The molecule has 0 radical (unpaired) electrons. The van der Waals surface area contributed by atoms with E-state index in [0.29, 0.717) is 23.7 Å². The third-order valence-corrected chi connectivity index (χ3v) is 4.07. The molecule has 2 rings (SSSR count). The number of quaternary nitrogens is 1. The number of hydrogen-bond donors (Lipinski definition) is 2. The summed E-state index contributed by atoms with van der Waals surface area (Å²) in [6.45, 7) is 4.95. The molecular weight excluding hydrogens is 268 g/mol. The molecule has 0 aliphatic carbocycles. The van der Waals surface area contributed by atoms with E-state index < -0.39 is 0 Å². The Bertz CT molecular complexity index is 482. The maximum atomic E-state index is 12.2. The maximum Gasteiger partial charge on any atom is 0.279 e. The zero-order valence-electron chi connectivity index (χ0n) is 13.1. The molecule has 1 aliphatic heterocycles. The number of anilines is 1. The van der Waals surface area contributed by atoms with Crippen LogP contribution in [0, 0.1) is 5.92 Å². The van der Waals surface area contributed by atoms with E-state index in [2.05, 4.69) is 12.2 Å². The lowest BCUT2D eigenvalue weighted by Gasteiger charge is -2.26. The van der Waals surface area contributed by atoms with Gasteiger partial charge in [0.1, 0.15) is 11.5 Å². The van der Waals surface area contributed by atoms with Gasteiger partial charge in [-0.25, -0.2) is 0 Å². The van der Waals surface area contributed by atoms with Crippen LogP contribution in [0.25, 0.3) is 0 Å². The standard InChI is InChI=1S/C16H24N2O3/c1-12-6-8-18(9-7-12)11-16(19)17-14-5-4-13(20-2)10-15(14)21-3/h4-5,10,12H,6-9,11H2,1-3H3,(H,17,19)/p+1. The largest absolute Gasteiger partial charge is 0.497 e. The van der Waals surface area contributed by atoms with Gasteiger partial charge in [0.2, 0.25) is 0 Å². The summed E-state index contributed by atoms with van der Waals surface area (Å²) in [7, 11) is 3.19. The van der Waals surface area contributed by atoms with E-state index in [0.717, 1.165) is 19.0 Å². The first-order chi connectivity index (χ1) is 10.1. The van der Waals surface area contributed by atoms with Crippen molar-refractivity contribution in [3.05, 3.63) is 18.2 Å². The Hall–Kier alpha value is -1.75. The lowest BCUT2D eigenvalue weighted by Crippen LogP contribution is -3.14. The van der Waals surface area contributed by atoms with Crippen LogP contribution in [0.5, 0.6) is 11.5 Å². The molecule has 1 aliphatic rings. The lowest BCUT2D eigenvalue weighted by atomic mass is 9.99. The first-order valence-electron chi connectivity index (χ1n) is 7.47. The van der Waals surface area contributed by atoms with Crippen LogP contribution in [0.2, 0.25) is 0 Å². The highest BCUT2D eigenvalue weighted by molar-refractivity contribution is 5.93. The molecule has 1 heterocycles. The molecule has 2 N–H and O–H groups in total. The Balaban J connectivity index is 1.93. The van der Waals surface area contributed by atoms with Crippen molar-refractivity contribution in [3.8, 4) is 11.5 Å². The number of amides is 1. The van der Waals surface area contributed by atoms with Gasteiger partial charge in [0.25, 0.3) is 5.91 Å². The van der Waals surface area contributed by atoms with E-state index in [1.54, 1.807) is 20.3 Å². The Morgan fingerprint density at radius 1 is 1.29 bits per heavy atom. The van der Waals surface area contributed by atoms with Crippen molar-refractivity contribution in [1.82, 2.24) is 0 Å². The van der Waals surface area contributed by atoms with Crippen LogP contribution in [0.4, 0.5) is 5.69 Å². The number of carbonyl (C=O) groups is 1. The minimum Gasteiger partial charge on any atom is -0.497 e. The highest BCUT2D eigenvalue weighted by atomic mass is 16.5. The number of nitrogens with one attached hydrogen (secondary N) is 2. The van der Waals surface area contributed by atoms with E-state index in [1.807, 2.05) is 12.1 Å². The number of rotatable bonds is 5. The third-order valence-electron chi connectivity index (χ3n) is 4.07. The van der Waals surface area contributed by atoms with Crippen molar-refractivity contribution in [2.24, 2.45) is 5.92 Å². The molecule has 116 valence electrons. The van der Waals surface area contributed by atoms with Crippen molar-refractivity contribution in [2.45, 2.75) is 19.8 Å². The summed E-state index contributed by atoms with van der Waals surface area (Å²) in [4.78, 5) is 13.5. The van der Waals surface area contributed by atoms with E-state index in [1.165, 1.54) is 17.7 Å². The number of methoxy groups -OCH3 is 2. The molecule has 5 nitrogen and oxygen atoms in total. The second-order valence-electron chi connectivity index (χ2n) is 5.72. The predicted octanol–water partition coefficient (Wildman–Crippen LogP) is 0.957. The highest BCUT2D eigenvalue weighted by Gasteiger charge is 2.21. The molecule has 21 heavy (non-hydrogen) atoms. The van der Waals surface area contributed by atoms with Crippen LogP contribution in [0.3, 0.4) is 0 Å². The summed E-state index contributed by atoms with van der Waals surface area (Å²) in [5.41, 5.74) is 0.688. The van der Waals surface area contributed by atoms with Gasteiger partial charge in [0.15, 0.2) is 6.54 Å². The van der Waals surface area contributed by atoms with Gasteiger partial charge in [-0.05, 0) is 30.9 Å². The van der Waals surface area contributed by atoms with Crippen LogP contribution in [0.15, 0.2) is 18.2 Å². The second-order valence-corrected chi connectivity index (χ2v) is 5.72. The number of carbonyl (C=O) groups excluding carboxylic acids is 1. The van der Waals surface area contributed by atoms with Crippen molar-refractivity contribution in [3.63, 3.8) is 0 Å². The normalized spacial score (nSPS) is 21.7. The van der Waals surface area contributed by atoms with E-state index in [4.69, 9.17) is 9.47 Å². The molecule has 0 unspecified atom stereocenters. The molecule has 0 saturated carbocycles. The molecule has 0 aromatic heterocycles. The minimum absolute atomic E-state index is 0.0306. The number of ether oxygens (including phenoxy) is 2. The first-order valence-corrected chi connectivity index (χ1v) is 7.47. The summed E-state index contributed by atoms with van der Waals surface area (Å²) in [5.74, 6) is 2.15. The molecule has 0 atom stereocenters. The van der Waals surface area contributed by atoms with Crippen molar-refractivity contribution in [1.29, 1.82) is 0 Å². The summed E-state index contributed by atoms with van der Waals surface area (Å²) in [6, 6.07) is 5.39. The first kappa shape index (κ1) is 15.6. The summed E-state index contributed by atoms with van der Waals surface area (Å²) < 4.78 is 10.4. The molecule has 5 heteroatoms. The topological polar surface area (TPSA) is 52.0 Å². The van der Waals surface area contributed by atoms with Gasteiger partial charge in [-0.1, -0.05) is 6.92 Å². The number of benzene rings is 1. The van der Waals surface area contributed by atoms with E-state index >= 15 is 0 Å². The van der Waals surface area contributed by atoms with Gasteiger partial charge in [0.05, 0.1) is 33.0 Å². The van der Waals surface area contributed by atoms with Gasteiger partial charge in [-0.3, -0.25) is 4.79 Å². The van der Waals surface area contributed by atoms with Gasteiger partial charge < -0.3 is 19.7 Å². The summed E-state index contributed by atoms with van der Waals surface area (Å²) in [5, 5.41) is 2.93. The monoisotopic (exact) mass is 293 g/mol. The number of piperidine rings is 1. The van der Waals surface area contributed by atoms with E-state index in [9.17, 15) is 4.79 Å². The minimum atomic E-state index is 0.0306. The zero-order valence-corrected chi connectivity index (χ0v) is 13.1. The smallest absolute Gasteiger partial charge is 0.279 e. The molecule has 1 aromatic rings. The summed E-state index contributed by atoms with van der Waals surface area (Å²) >= 11 is 0. The van der Waals surface area contributed by atoms with Crippen molar-refractivity contribution >= 4 is 11.6 Å². The fourth-order valence-electron chi connectivity index (χ4n) is 2.67. The third kappa shape index (κ3) is 4.36. The molecule has 0 bridgehead atoms. The Morgan fingerprint density at radius 3 is 2.62 bits per heavy atom. The maximum absolute atomic E-state index is 12.2. The number of hydrogen-bond acceptors (Lipinski definition) is 3. The highest BCUT2D eigenvalue weighted by Crippen LogP contribution is 2.28. The molecule has 1 saturated heterocycles. The van der Waals surface area contributed by atoms with Gasteiger partial charge in [-0.2, -0.15) is 0 Å². The van der Waals surface area contributed by atoms with Gasteiger partial charge >= 0.3 is 0 Å². The lowest BCUT2D eigenvalue weighted by molar-refractivity contribution is -0.897. The predicted molar refractivity (Wildman–Crippen MR) is 82.1 cm³/mol. The van der Waals surface area contributed by atoms with Crippen LogP contribution >= 0.6 is 0 Å². The molecule has 1 amide bonds. The van der Waals surface area contributed by atoms with Crippen LogP contribution in [-0.2, 0) is 4.79 Å². The summed E-state index contributed by atoms with van der Waals surface area (Å²) in [6.07, 6.45) is 2.41. The van der Waals surface area contributed by atoms with Crippen LogP contribution < -0.4 is 19.7 Å². The molecule has 1 aromatic carbocycles. The van der Waals surface area contributed by atoms with Crippen molar-refractivity contribution < 1.29 is 19.2 Å². The van der Waals surface area contributed by atoms with Gasteiger partial charge in [0, 0.05) is 6.07 Å². The Morgan fingerprint density at radius 2 is 2.00 bits per heavy atom. The average molecular weight is 293 g/mol. The molecular formula is C16H25N2O3+. The van der Waals surface area contributed by atoms with Gasteiger partial charge in [-0.15, -0.1) is 0 Å². The average Bonchev–Trinajstić information content (AvgIpc) is 2.50. The van der Waals surface area contributed by atoms with E-state index in [-0.39, 0.29) is 5.91 Å².